The molecule has 1 aromatic carbocycles. The highest BCUT2D eigenvalue weighted by Crippen LogP contribution is 2.10. The number of hydrogen-bond acceptors (Lipinski definition) is 3. The topological polar surface area (TPSA) is 71.4 Å². The predicted octanol–water partition coefficient (Wildman–Crippen LogP) is 1.41. The molecule has 0 bridgehead atoms. The molecular formula is C8H7ClO4S. The van der Waals surface area contributed by atoms with Crippen molar-refractivity contribution in [2.75, 3.05) is 5.75 Å². The number of halogens is 1. The number of carbonyl (C=O) groups is 1. The van der Waals surface area contributed by atoms with E-state index in [1.165, 1.54) is 24.3 Å². The zero-order valence-corrected chi connectivity index (χ0v) is 8.55. The van der Waals surface area contributed by atoms with Crippen molar-refractivity contribution in [1.29, 1.82) is 0 Å². The SMILES string of the molecule is O=C(CS(=O)(=O)O)c1ccc(Cl)cc1. The van der Waals surface area contributed by atoms with Gasteiger partial charge in [0.1, 0.15) is 5.75 Å². The van der Waals surface area contributed by atoms with E-state index in [4.69, 9.17) is 16.2 Å². The number of rotatable bonds is 3. The smallest absolute Gasteiger partial charge is 0.272 e. The molecule has 0 radical (unpaired) electrons. The maximum atomic E-state index is 11.2. The highest BCUT2D eigenvalue weighted by atomic mass is 35.5. The Kier molecular flexibility index (Phi) is 3.25. The molecule has 0 atom stereocenters. The zero-order chi connectivity index (χ0) is 10.8. The third-order valence-electron chi connectivity index (χ3n) is 1.48. The molecule has 1 aromatic rings. The van der Waals surface area contributed by atoms with Crippen LogP contribution in [-0.4, -0.2) is 24.5 Å². The summed E-state index contributed by atoms with van der Waals surface area (Å²) in [7, 11) is -4.26. The molecule has 0 heterocycles. The lowest BCUT2D eigenvalue weighted by atomic mass is 10.1. The van der Waals surface area contributed by atoms with E-state index in [9.17, 15) is 13.2 Å². The quantitative estimate of drug-likeness (QED) is 0.634. The summed E-state index contributed by atoms with van der Waals surface area (Å²) in [5.41, 5.74) is 0.201. The van der Waals surface area contributed by atoms with E-state index in [2.05, 4.69) is 0 Å². The van der Waals surface area contributed by atoms with E-state index in [1.54, 1.807) is 0 Å². The van der Waals surface area contributed by atoms with Crippen LogP contribution in [0.1, 0.15) is 10.4 Å². The van der Waals surface area contributed by atoms with Gasteiger partial charge in [-0.1, -0.05) is 11.6 Å². The summed E-state index contributed by atoms with van der Waals surface area (Å²) in [5, 5.41) is 0.452. The average molecular weight is 235 g/mol. The molecular weight excluding hydrogens is 228 g/mol. The van der Waals surface area contributed by atoms with Gasteiger partial charge >= 0.3 is 0 Å². The van der Waals surface area contributed by atoms with Gasteiger partial charge in [0.15, 0.2) is 5.78 Å². The Balaban J connectivity index is 2.86. The third kappa shape index (κ3) is 3.45. The molecule has 76 valence electrons. The lowest BCUT2D eigenvalue weighted by molar-refractivity contribution is 0.101. The summed E-state index contributed by atoms with van der Waals surface area (Å²) < 4.78 is 29.2. The molecule has 6 heteroatoms. The van der Waals surface area contributed by atoms with Gasteiger partial charge in [0, 0.05) is 10.6 Å². The molecule has 0 unspecified atom stereocenters. The van der Waals surface area contributed by atoms with Crippen LogP contribution in [0.2, 0.25) is 5.02 Å². The van der Waals surface area contributed by atoms with Crippen LogP contribution in [0.15, 0.2) is 24.3 Å². The molecule has 0 amide bonds. The Bertz CT molecular complexity index is 435. The Morgan fingerprint density at radius 3 is 2.21 bits per heavy atom. The highest BCUT2D eigenvalue weighted by Gasteiger charge is 2.14. The van der Waals surface area contributed by atoms with Crippen LogP contribution in [0.5, 0.6) is 0 Å². The first-order chi connectivity index (χ1) is 6.38. The standard InChI is InChI=1S/C8H7ClO4S/c9-7-3-1-6(2-4-7)8(10)5-14(11,12)13/h1-4H,5H2,(H,11,12,13). The summed E-state index contributed by atoms with van der Waals surface area (Å²) in [6.45, 7) is 0. The largest absolute Gasteiger partial charge is 0.293 e. The lowest BCUT2D eigenvalue weighted by Crippen LogP contribution is -2.14. The normalized spacial score (nSPS) is 11.3. The van der Waals surface area contributed by atoms with Gasteiger partial charge in [0.05, 0.1) is 0 Å². The van der Waals surface area contributed by atoms with Crippen molar-refractivity contribution in [3.63, 3.8) is 0 Å². The molecule has 1 rings (SSSR count). The maximum Gasteiger partial charge on any atom is 0.272 e. The van der Waals surface area contributed by atoms with Crippen molar-refractivity contribution in [3.8, 4) is 0 Å². The van der Waals surface area contributed by atoms with Gasteiger partial charge in [-0.25, -0.2) is 0 Å². The van der Waals surface area contributed by atoms with Crippen LogP contribution >= 0.6 is 11.6 Å². The van der Waals surface area contributed by atoms with E-state index in [-0.39, 0.29) is 5.56 Å². The first-order valence-electron chi connectivity index (χ1n) is 3.62. The van der Waals surface area contributed by atoms with Gasteiger partial charge in [-0.2, -0.15) is 8.42 Å². The van der Waals surface area contributed by atoms with Gasteiger partial charge in [0.2, 0.25) is 0 Å². The van der Waals surface area contributed by atoms with Crippen LogP contribution in [0, 0.1) is 0 Å². The van der Waals surface area contributed by atoms with E-state index in [1.807, 2.05) is 0 Å². The molecule has 0 fully saturated rings. The van der Waals surface area contributed by atoms with Crippen LogP contribution in [0.4, 0.5) is 0 Å². The van der Waals surface area contributed by atoms with Crippen molar-refractivity contribution in [2.24, 2.45) is 0 Å². The Morgan fingerprint density at radius 2 is 1.79 bits per heavy atom. The summed E-state index contributed by atoms with van der Waals surface area (Å²) in [4.78, 5) is 11.2. The average Bonchev–Trinajstić information content (AvgIpc) is 2.02. The number of carbonyl (C=O) groups excluding carboxylic acids is 1. The van der Waals surface area contributed by atoms with E-state index >= 15 is 0 Å². The van der Waals surface area contributed by atoms with Gasteiger partial charge < -0.3 is 0 Å². The molecule has 4 nitrogen and oxygen atoms in total. The molecule has 0 aliphatic rings. The van der Waals surface area contributed by atoms with Crippen LogP contribution in [-0.2, 0) is 10.1 Å². The van der Waals surface area contributed by atoms with Gasteiger partial charge in [-0.05, 0) is 24.3 Å². The minimum Gasteiger partial charge on any atom is -0.293 e. The van der Waals surface area contributed by atoms with Crippen molar-refractivity contribution in [3.05, 3.63) is 34.9 Å². The minimum atomic E-state index is -4.26. The number of Topliss-reactive ketones (excluding diaryl/α,β-unsaturated/α-hetero) is 1. The zero-order valence-electron chi connectivity index (χ0n) is 6.97. The first-order valence-corrected chi connectivity index (χ1v) is 5.61. The molecule has 0 spiro atoms. The molecule has 14 heavy (non-hydrogen) atoms. The van der Waals surface area contributed by atoms with E-state index < -0.39 is 21.7 Å². The first kappa shape index (κ1) is 11.2. The Labute approximate surface area is 86.3 Å². The molecule has 1 N–H and O–H groups in total. The molecule has 0 aliphatic heterocycles. The second kappa shape index (κ2) is 4.08. The van der Waals surface area contributed by atoms with Crippen molar-refractivity contribution in [2.45, 2.75) is 0 Å². The van der Waals surface area contributed by atoms with Gasteiger partial charge in [-0.15, -0.1) is 0 Å². The summed E-state index contributed by atoms with van der Waals surface area (Å²) in [6.07, 6.45) is 0. The maximum absolute atomic E-state index is 11.2. The lowest BCUT2D eigenvalue weighted by Gasteiger charge is -1.98. The van der Waals surface area contributed by atoms with Gasteiger partial charge in [-0.3, -0.25) is 9.35 Å². The Morgan fingerprint density at radius 1 is 1.29 bits per heavy atom. The molecule has 0 aromatic heterocycles. The third-order valence-corrected chi connectivity index (χ3v) is 2.36. The minimum absolute atomic E-state index is 0.201. The summed E-state index contributed by atoms with van der Waals surface area (Å²) in [5.74, 6) is -1.57. The molecule has 0 aliphatic carbocycles. The van der Waals surface area contributed by atoms with Crippen LogP contribution in [0.25, 0.3) is 0 Å². The van der Waals surface area contributed by atoms with Crippen molar-refractivity contribution in [1.82, 2.24) is 0 Å². The summed E-state index contributed by atoms with van der Waals surface area (Å²) >= 11 is 5.57. The number of hydrogen-bond donors (Lipinski definition) is 1. The van der Waals surface area contributed by atoms with Crippen LogP contribution < -0.4 is 0 Å². The fraction of sp³-hybridized carbons (Fsp3) is 0.125. The number of benzene rings is 1. The molecule has 0 saturated carbocycles. The Hall–Kier alpha value is -0.910. The van der Waals surface area contributed by atoms with E-state index in [0.29, 0.717) is 5.02 Å². The second-order valence-electron chi connectivity index (χ2n) is 2.66. The summed E-state index contributed by atoms with van der Waals surface area (Å²) in [6, 6.07) is 5.74. The number of ketones is 1. The van der Waals surface area contributed by atoms with Crippen molar-refractivity contribution < 1.29 is 17.8 Å². The van der Waals surface area contributed by atoms with Gasteiger partial charge in [0.25, 0.3) is 10.1 Å². The molecule has 0 saturated heterocycles. The monoisotopic (exact) mass is 234 g/mol. The van der Waals surface area contributed by atoms with E-state index in [0.717, 1.165) is 0 Å². The highest BCUT2D eigenvalue weighted by molar-refractivity contribution is 7.86. The van der Waals surface area contributed by atoms with Crippen molar-refractivity contribution >= 4 is 27.5 Å². The fourth-order valence-electron chi connectivity index (χ4n) is 0.885. The predicted molar refractivity (Wildman–Crippen MR) is 52.2 cm³/mol. The second-order valence-corrected chi connectivity index (χ2v) is 4.55. The fourth-order valence-corrected chi connectivity index (χ4v) is 1.51. The van der Waals surface area contributed by atoms with Crippen LogP contribution in [0.3, 0.4) is 0 Å².